The van der Waals surface area contributed by atoms with Gasteiger partial charge in [0.25, 0.3) is 0 Å². The summed E-state index contributed by atoms with van der Waals surface area (Å²) in [5, 5.41) is 2.93. The van der Waals surface area contributed by atoms with Crippen molar-refractivity contribution in [2.24, 2.45) is 5.92 Å². The van der Waals surface area contributed by atoms with Crippen LogP contribution in [0.25, 0.3) is 0 Å². The van der Waals surface area contributed by atoms with Gasteiger partial charge < -0.3 is 10.1 Å². The summed E-state index contributed by atoms with van der Waals surface area (Å²) in [5.41, 5.74) is 3.65. The molecule has 22 heavy (non-hydrogen) atoms. The number of rotatable bonds is 7. The lowest BCUT2D eigenvalue weighted by atomic mass is 9.85. The third-order valence-corrected chi connectivity index (χ3v) is 4.06. The third kappa shape index (κ3) is 5.49. The van der Waals surface area contributed by atoms with Crippen molar-refractivity contribution in [1.82, 2.24) is 5.32 Å². The van der Waals surface area contributed by atoms with Crippen LogP contribution in [0.4, 0.5) is 0 Å². The molecular weight excluding hydrogens is 274 g/mol. The second-order valence-electron chi connectivity index (χ2n) is 5.94. The van der Waals surface area contributed by atoms with E-state index in [0.717, 1.165) is 24.8 Å². The summed E-state index contributed by atoms with van der Waals surface area (Å²) in [7, 11) is 0. The first-order chi connectivity index (χ1) is 10.6. The van der Waals surface area contributed by atoms with E-state index >= 15 is 0 Å². The normalized spacial score (nSPS) is 17.7. The molecule has 0 radical (unpaired) electrons. The van der Waals surface area contributed by atoms with Crippen molar-refractivity contribution in [3.8, 4) is 0 Å². The van der Waals surface area contributed by atoms with Gasteiger partial charge >= 0.3 is 0 Å². The Balaban J connectivity index is 1.63. The topological polar surface area (TPSA) is 38.3 Å². The van der Waals surface area contributed by atoms with Gasteiger partial charge in [-0.3, -0.25) is 4.79 Å². The highest BCUT2D eigenvalue weighted by Gasteiger charge is 2.15. The fourth-order valence-corrected chi connectivity index (χ4v) is 2.60. The standard InChI is InChI=1S/C19H25NO2/c1-15(2)18-10-8-16(9-11-18)12-20-19(21)14-22-13-17-6-4-3-5-7-17/h3-8,18H,1,9-14H2,2H3,(H,20,21). The number of allylic oxidation sites excluding steroid dienone is 2. The molecule has 1 aliphatic carbocycles. The minimum atomic E-state index is -0.0566. The summed E-state index contributed by atoms with van der Waals surface area (Å²) in [4.78, 5) is 11.8. The van der Waals surface area contributed by atoms with Crippen LogP contribution in [0.2, 0.25) is 0 Å². The Labute approximate surface area is 133 Å². The molecule has 1 amide bonds. The number of carbonyl (C=O) groups excluding carboxylic acids is 1. The van der Waals surface area contributed by atoms with E-state index in [-0.39, 0.29) is 12.5 Å². The lowest BCUT2D eigenvalue weighted by Crippen LogP contribution is -2.30. The number of nitrogens with one attached hydrogen (secondary N) is 1. The molecule has 3 nitrogen and oxygen atoms in total. The molecule has 0 aliphatic heterocycles. The van der Waals surface area contributed by atoms with E-state index in [1.807, 2.05) is 30.3 Å². The fraction of sp³-hybridized carbons (Fsp3) is 0.421. The minimum absolute atomic E-state index is 0.0566. The zero-order chi connectivity index (χ0) is 15.8. The maximum absolute atomic E-state index is 11.8. The Hall–Kier alpha value is -1.87. The first-order valence-electron chi connectivity index (χ1n) is 7.87. The van der Waals surface area contributed by atoms with E-state index in [1.54, 1.807) is 0 Å². The number of ether oxygens (including phenoxy) is 1. The van der Waals surface area contributed by atoms with Crippen molar-refractivity contribution < 1.29 is 9.53 Å². The number of hydrogen-bond acceptors (Lipinski definition) is 2. The summed E-state index contributed by atoms with van der Waals surface area (Å²) in [6, 6.07) is 9.87. The molecule has 0 spiro atoms. The Morgan fingerprint density at radius 1 is 1.36 bits per heavy atom. The molecular formula is C19H25NO2. The van der Waals surface area contributed by atoms with Crippen LogP contribution >= 0.6 is 0 Å². The van der Waals surface area contributed by atoms with Gasteiger partial charge in [-0.25, -0.2) is 0 Å². The van der Waals surface area contributed by atoms with E-state index in [9.17, 15) is 4.79 Å². The summed E-state index contributed by atoms with van der Waals surface area (Å²) in [6.45, 7) is 7.33. The van der Waals surface area contributed by atoms with Gasteiger partial charge in [0, 0.05) is 6.54 Å². The van der Waals surface area contributed by atoms with Crippen LogP contribution < -0.4 is 5.32 Å². The molecule has 1 N–H and O–H groups in total. The first-order valence-corrected chi connectivity index (χ1v) is 7.87. The Morgan fingerprint density at radius 3 is 2.77 bits per heavy atom. The Morgan fingerprint density at radius 2 is 2.14 bits per heavy atom. The van der Waals surface area contributed by atoms with Gasteiger partial charge in [-0.1, -0.05) is 54.1 Å². The molecule has 0 fully saturated rings. The molecule has 1 aromatic carbocycles. The molecule has 0 aromatic heterocycles. The molecule has 1 aliphatic rings. The average molecular weight is 299 g/mol. The minimum Gasteiger partial charge on any atom is -0.367 e. The van der Waals surface area contributed by atoms with E-state index in [4.69, 9.17) is 4.74 Å². The van der Waals surface area contributed by atoms with Crippen molar-refractivity contribution in [2.45, 2.75) is 32.8 Å². The van der Waals surface area contributed by atoms with Crippen molar-refractivity contribution >= 4 is 5.91 Å². The molecule has 2 rings (SSSR count). The van der Waals surface area contributed by atoms with E-state index in [0.29, 0.717) is 19.1 Å². The molecule has 0 saturated heterocycles. The van der Waals surface area contributed by atoms with Crippen LogP contribution in [-0.4, -0.2) is 19.1 Å². The van der Waals surface area contributed by atoms with Gasteiger partial charge in [-0.15, -0.1) is 0 Å². The molecule has 0 saturated carbocycles. The fourth-order valence-electron chi connectivity index (χ4n) is 2.60. The van der Waals surface area contributed by atoms with E-state index in [2.05, 4.69) is 24.9 Å². The largest absolute Gasteiger partial charge is 0.367 e. The van der Waals surface area contributed by atoms with Gasteiger partial charge in [-0.05, 0) is 37.7 Å². The van der Waals surface area contributed by atoms with Crippen LogP contribution in [0.5, 0.6) is 0 Å². The average Bonchev–Trinajstić information content (AvgIpc) is 2.54. The summed E-state index contributed by atoms with van der Waals surface area (Å²) < 4.78 is 5.43. The van der Waals surface area contributed by atoms with E-state index < -0.39 is 0 Å². The highest BCUT2D eigenvalue weighted by molar-refractivity contribution is 5.77. The Bertz CT molecular complexity index is 534. The van der Waals surface area contributed by atoms with Gasteiger partial charge in [0.1, 0.15) is 6.61 Å². The van der Waals surface area contributed by atoms with Gasteiger partial charge in [0.15, 0.2) is 0 Å². The van der Waals surface area contributed by atoms with Gasteiger partial charge in [0.05, 0.1) is 6.61 Å². The van der Waals surface area contributed by atoms with Crippen molar-refractivity contribution in [2.75, 3.05) is 13.2 Å². The maximum atomic E-state index is 11.8. The summed E-state index contributed by atoms with van der Waals surface area (Å²) in [6.07, 6.45) is 5.48. The molecule has 0 heterocycles. The van der Waals surface area contributed by atoms with Crippen LogP contribution in [0.1, 0.15) is 31.7 Å². The highest BCUT2D eigenvalue weighted by atomic mass is 16.5. The van der Waals surface area contributed by atoms with Gasteiger partial charge in [0.2, 0.25) is 5.91 Å². The molecule has 1 unspecified atom stereocenters. The van der Waals surface area contributed by atoms with Gasteiger partial charge in [-0.2, -0.15) is 0 Å². The Kier molecular flexibility index (Phi) is 6.41. The van der Waals surface area contributed by atoms with Crippen LogP contribution in [0.15, 0.2) is 54.1 Å². The lowest BCUT2D eigenvalue weighted by Gasteiger charge is -2.22. The zero-order valence-electron chi connectivity index (χ0n) is 13.3. The van der Waals surface area contributed by atoms with Crippen molar-refractivity contribution in [1.29, 1.82) is 0 Å². The molecule has 0 bridgehead atoms. The number of carbonyl (C=O) groups is 1. The molecule has 118 valence electrons. The predicted octanol–water partition coefficient (Wildman–Crippen LogP) is 3.62. The molecule has 1 aromatic rings. The molecule has 1 atom stereocenters. The number of hydrogen-bond donors (Lipinski definition) is 1. The van der Waals surface area contributed by atoms with Crippen LogP contribution in [0, 0.1) is 5.92 Å². The summed E-state index contributed by atoms with van der Waals surface area (Å²) >= 11 is 0. The quantitative estimate of drug-likeness (QED) is 0.781. The lowest BCUT2D eigenvalue weighted by molar-refractivity contribution is -0.125. The van der Waals surface area contributed by atoms with E-state index in [1.165, 1.54) is 11.1 Å². The monoisotopic (exact) mass is 299 g/mol. The van der Waals surface area contributed by atoms with Crippen molar-refractivity contribution in [3.05, 3.63) is 59.7 Å². The number of benzene rings is 1. The highest BCUT2D eigenvalue weighted by Crippen LogP contribution is 2.27. The van der Waals surface area contributed by atoms with Crippen LogP contribution in [0.3, 0.4) is 0 Å². The summed E-state index contributed by atoms with van der Waals surface area (Å²) in [5.74, 6) is 0.549. The third-order valence-electron chi connectivity index (χ3n) is 4.06. The maximum Gasteiger partial charge on any atom is 0.246 e. The predicted molar refractivity (Wildman–Crippen MR) is 89.3 cm³/mol. The second-order valence-corrected chi connectivity index (χ2v) is 5.94. The number of amides is 1. The second kappa shape index (κ2) is 8.54. The van der Waals surface area contributed by atoms with Crippen molar-refractivity contribution in [3.63, 3.8) is 0 Å². The smallest absolute Gasteiger partial charge is 0.246 e. The SMILES string of the molecule is C=C(C)C1CC=C(CNC(=O)COCc2ccccc2)CC1. The molecule has 3 heteroatoms. The first kappa shape index (κ1) is 16.5. The zero-order valence-corrected chi connectivity index (χ0v) is 13.3. The van der Waals surface area contributed by atoms with Crippen LogP contribution in [-0.2, 0) is 16.1 Å².